The van der Waals surface area contributed by atoms with Gasteiger partial charge in [-0.2, -0.15) is 4.98 Å². The minimum Gasteiger partial charge on any atom is -0.353 e. The Morgan fingerprint density at radius 3 is 2.50 bits per heavy atom. The minimum absolute atomic E-state index is 0.229. The standard InChI is InChI=1S/C14H19ClN4S/c1-14(2,3)19-7-5-18(6-8-19)11-10-4-9-20-12(10)17-13(15)16-11/h4,9H,5-8H2,1-3H3. The van der Waals surface area contributed by atoms with Gasteiger partial charge in [-0.1, -0.05) is 0 Å². The Bertz CT molecular complexity index is 611. The molecule has 4 nitrogen and oxygen atoms in total. The Morgan fingerprint density at radius 2 is 1.85 bits per heavy atom. The van der Waals surface area contributed by atoms with Crippen molar-refractivity contribution in [2.75, 3.05) is 31.1 Å². The van der Waals surface area contributed by atoms with Crippen molar-refractivity contribution in [1.29, 1.82) is 0 Å². The van der Waals surface area contributed by atoms with Crippen LogP contribution in [0.25, 0.3) is 10.2 Å². The van der Waals surface area contributed by atoms with Crippen LogP contribution in [0.3, 0.4) is 0 Å². The summed E-state index contributed by atoms with van der Waals surface area (Å²) in [6.45, 7) is 10.9. The highest BCUT2D eigenvalue weighted by molar-refractivity contribution is 7.16. The van der Waals surface area contributed by atoms with Crippen LogP contribution < -0.4 is 4.90 Å². The van der Waals surface area contributed by atoms with Gasteiger partial charge >= 0.3 is 0 Å². The van der Waals surface area contributed by atoms with Crippen molar-refractivity contribution in [3.8, 4) is 0 Å². The maximum atomic E-state index is 6.05. The van der Waals surface area contributed by atoms with Gasteiger partial charge in [0.1, 0.15) is 10.6 Å². The van der Waals surface area contributed by atoms with Crippen molar-refractivity contribution in [3.63, 3.8) is 0 Å². The van der Waals surface area contributed by atoms with Gasteiger partial charge < -0.3 is 4.90 Å². The molecule has 0 N–H and O–H groups in total. The van der Waals surface area contributed by atoms with E-state index < -0.39 is 0 Å². The SMILES string of the molecule is CC(C)(C)N1CCN(c2nc(Cl)nc3sccc23)CC1. The molecule has 2 aromatic heterocycles. The molecule has 1 fully saturated rings. The second-order valence-electron chi connectivity index (χ2n) is 6.10. The number of rotatable bonds is 1. The van der Waals surface area contributed by atoms with Gasteiger partial charge in [0.05, 0.1) is 5.39 Å². The number of hydrogen-bond acceptors (Lipinski definition) is 5. The third-order valence-corrected chi connectivity index (χ3v) is 4.78. The Hall–Kier alpha value is -0.910. The molecule has 108 valence electrons. The fourth-order valence-electron chi connectivity index (χ4n) is 2.64. The Morgan fingerprint density at radius 1 is 1.15 bits per heavy atom. The molecule has 1 saturated heterocycles. The molecular formula is C14H19ClN4S. The van der Waals surface area contributed by atoms with E-state index in [4.69, 9.17) is 11.6 Å². The van der Waals surface area contributed by atoms with E-state index >= 15 is 0 Å². The lowest BCUT2D eigenvalue weighted by Crippen LogP contribution is -2.53. The molecule has 3 heterocycles. The lowest BCUT2D eigenvalue weighted by atomic mass is 10.0. The summed E-state index contributed by atoms with van der Waals surface area (Å²) in [5.74, 6) is 0.981. The normalized spacial score (nSPS) is 17.9. The van der Waals surface area contributed by atoms with Crippen molar-refractivity contribution in [3.05, 3.63) is 16.7 Å². The van der Waals surface area contributed by atoms with Crippen LogP contribution in [0.15, 0.2) is 11.4 Å². The quantitative estimate of drug-likeness (QED) is 0.757. The first kappa shape index (κ1) is 14.0. The second-order valence-corrected chi connectivity index (χ2v) is 7.33. The van der Waals surface area contributed by atoms with E-state index in [0.717, 1.165) is 42.2 Å². The topological polar surface area (TPSA) is 32.3 Å². The number of hydrogen-bond donors (Lipinski definition) is 0. The molecule has 0 unspecified atom stereocenters. The molecule has 3 rings (SSSR count). The van der Waals surface area contributed by atoms with Gasteiger partial charge in [-0.15, -0.1) is 11.3 Å². The molecule has 20 heavy (non-hydrogen) atoms. The zero-order valence-corrected chi connectivity index (χ0v) is 13.6. The maximum Gasteiger partial charge on any atom is 0.225 e. The van der Waals surface area contributed by atoms with Crippen LogP contribution in [0.5, 0.6) is 0 Å². The number of halogens is 1. The monoisotopic (exact) mass is 310 g/mol. The third-order valence-electron chi connectivity index (χ3n) is 3.81. The van der Waals surface area contributed by atoms with Gasteiger partial charge in [0.2, 0.25) is 5.28 Å². The van der Waals surface area contributed by atoms with Crippen LogP contribution in [-0.2, 0) is 0 Å². The molecule has 0 aromatic carbocycles. The van der Waals surface area contributed by atoms with Crippen LogP contribution in [0.4, 0.5) is 5.82 Å². The summed E-state index contributed by atoms with van der Waals surface area (Å²) in [4.78, 5) is 14.5. The van der Waals surface area contributed by atoms with Crippen LogP contribution >= 0.6 is 22.9 Å². The summed E-state index contributed by atoms with van der Waals surface area (Å²) < 4.78 is 0. The molecule has 0 saturated carbocycles. The third kappa shape index (κ3) is 2.62. The Kier molecular flexibility index (Phi) is 3.60. The van der Waals surface area contributed by atoms with Crippen molar-refractivity contribution in [2.24, 2.45) is 0 Å². The summed E-state index contributed by atoms with van der Waals surface area (Å²) in [6, 6.07) is 2.09. The molecule has 0 bridgehead atoms. The molecule has 6 heteroatoms. The van der Waals surface area contributed by atoms with Gasteiger partial charge in [-0.05, 0) is 43.8 Å². The molecule has 0 radical (unpaired) electrons. The average molecular weight is 311 g/mol. The Labute approximate surface area is 128 Å². The molecule has 0 spiro atoms. The van der Waals surface area contributed by atoms with Crippen LogP contribution in [0.2, 0.25) is 5.28 Å². The molecule has 0 amide bonds. The minimum atomic E-state index is 0.229. The number of anilines is 1. The number of piperazine rings is 1. The summed E-state index contributed by atoms with van der Waals surface area (Å²) in [5.41, 5.74) is 0.229. The first-order valence-electron chi connectivity index (χ1n) is 6.86. The largest absolute Gasteiger partial charge is 0.353 e. The molecule has 0 atom stereocenters. The summed E-state index contributed by atoms with van der Waals surface area (Å²) in [5, 5.41) is 3.50. The van der Waals surface area contributed by atoms with Gasteiger partial charge in [0.15, 0.2) is 0 Å². The highest BCUT2D eigenvalue weighted by atomic mass is 35.5. The second kappa shape index (κ2) is 5.13. The Balaban J connectivity index is 1.85. The summed E-state index contributed by atoms with van der Waals surface area (Å²) >= 11 is 7.66. The van der Waals surface area contributed by atoms with E-state index in [2.05, 4.69) is 46.6 Å². The van der Waals surface area contributed by atoms with Crippen molar-refractivity contribution in [2.45, 2.75) is 26.3 Å². The van der Waals surface area contributed by atoms with Gasteiger partial charge in [0.25, 0.3) is 0 Å². The van der Waals surface area contributed by atoms with E-state index in [9.17, 15) is 0 Å². The highest BCUT2D eigenvalue weighted by Crippen LogP contribution is 2.30. The van der Waals surface area contributed by atoms with Crippen LogP contribution in [0.1, 0.15) is 20.8 Å². The number of thiophene rings is 1. The number of fused-ring (bicyclic) bond motifs is 1. The molecule has 1 aliphatic rings. The number of aromatic nitrogens is 2. The number of nitrogens with zero attached hydrogens (tertiary/aromatic N) is 4. The summed E-state index contributed by atoms with van der Waals surface area (Å²) in [7, 11) is 0. The molecule has 2 aromatic rings. The van der Waals surface area contributed by atoms with Crippen LogP contribution in [0, 0.1) is 0 Å². The zero-order chi connectivity index (χ0) is 14.3. The van der Waals surface area contributed by atoms with E-state index in [0.29, 0.717) is 5.28 Å². The van der Waals surface area contributed by atoms with E-state index in [1.54, 1.807) is 11.3 Å². The van der Waals surface area contributed by atoms with Gasteiger partial charge in [-0.3, -0.25) is 4.90 Å². The first-order valence-corrected chi connectivity index (χ1v) is 8.11. The van der Waals surface area contributed by atoms with E-state index in [1.165, 1.54) is 0 Å². The van der Waals surface area contributed by atoms with Crippen LogP contribution in [-0.4, -0.2) is 46.6 Å². The van der Waals surface area contributed by atoms with Crippen molar-refractivity contribution < 1.29 is 0 Å². The van der Waals surface area contributed by atoms with Gasteiger partial charge in [0, 0.05) is 31.7 Å². The predicted octanol–water partition coefficient (Wildman–Crippen LogP) is 3.27. The first-order chi connectivity index (χ1) is 9.45. The lowest BCUT2D eigenvalue weighted by Gasteiger charge is -2.42. The van der Waals surface area contributed by atoms with Gasteiger partial charge in [-0.25, -0.2) is 4.98 Å². The van der Waals surface area contributed by atoms with Crippen molar-refractivity contribution in [1.82, 2.24) is 14.9 Å². The molecule has 1 aliphatic heterocycles. The molecular weight excluding hydrogens is 292 g/mol. The van der Waals surface area contributed by atoms with E-state index in [-0.39, 0.29) is 5.54 Å². The smallest absolute Gasteiger partial charge is 0.225 e. The fraction of sp³-hybridized carbons (Fsp3) is 0.571. The average Bonchev–Trinajstić information content (AvgIpc) is 2.85. The lowest BCUT2D eigenvalue weighted by molar-refractivity contribution is 0.128. The predicted molar refractivity (Wildman–Crippen MR) is 86.0 cm³/mol. The van der Waals surface area contributed by atoms with E-state index in [1.807, 2.05) is 5.38 Å². The fourth-order valence-corrected chi connectivity index (χ4v) is 3.62. The molecule has 0 aliphatic carbocycles. The highest BCUT2D eigenvalue weighted by Gasteiger charge is 2.27. The zero-order valence-electron chi connectivity index (χ0n) is 12.1. The summed E-state index contributed by atoms with van der Waals surface area (Å²) in [6.07, 6.45) is 0. The van der Waals surface area contributed by atoms with Crippen molar-refractivity contribution >= 4 is 39.0 Å². The maximum absolute atomic E-state index is 6.05.